The molecule has 0 aliphatic carbocycles. The number of rotatable bonds is 2. The van der Waals surface area contributed by atoms with Gasteiger partial charge >= 0.3 is 0 Å². The van der Waals surface area contributed by atoms with Gasteiger partial charge in [0.15, 0.2) is 0 Å². The van der Waals surface area contributed by atoms with Gasteiger partial charge in [-0.05, 0) is 17.2 Å². The standard InChI is InChI=1S/C20H11FN2/c21-19-11-16(14-7-3-1-4-8-14)17(12-22)20(18(19)13-23)15-9-5-2-6-10-15/h1-11H. The van der Waals surface area contributed by atoms with Crippen LogP contribution in [0.3, 0.4) is 0 Å². The monoisotopic (exact) mass is 298 g/mol. The van der Waals surface area contributed by atoms with E-state index in [-0.39, 0.29) is 5.56 Å². The molecular weight excluding hydrogens is 287 g/mol. The van der Waals surface area contributed by atoms with Crippen molar-refractivity contribution in [3.05, 3.63) is 83.7 Å². The molecule has 0 saturated carbocycles. The molecule has 0 spiro atoms. The fraction of sp³-hybridized carbons (Fsp3) is 0. The van der Waals surface area contributed by atoms with Crippen molar-refractivity contribution < 1.29 is 4.39 Å². The zero-order valence-electron chi connectivity index (χ0n) is 12.1. The van der Waals surface area contributed by atoms with Crippen molar-refractivity contribution in [3.8, 4) is 34.4 Å². The third-order valence-electron chi connectivity index (χ3n) is 3.65. The van der Waals surface area contributed by atoms with E-state index in [4.69, 9.17) is 0 Å². The van der Waals surface area contributed by atoms with E-state index >= 15 is 0 Å². The summed E-state index contributed by atoms with van der Waals surface area (Å²) in [7, 11) is 0. The van der Waals surface area contributed by atoms with Crippen LogP contribution in [0.5, 0.6) is 0 Å². The molecule has 0 radical (unpaired) electrons. The van der Waals surface area contributed by atoms with Crippen LogP contribution in [0.4, 0.5) is 4.39 Å². The summed E-state index contributed by atoms with van der Waals surface area (Å²) in [6.45, 7) is 0. The summed E-state index contributed by atoms with van der Waals surface area (Å²) < 4.78 is 14.5. The Labute approximate surface area is 133 Å². The van der Waals surface area contributed by atoms with Crippen LogP contribution in [0, 0.1) is 28.5 Å². The number of benzene rings is 3. The van der Waals surface area contributed by atoms with Gasteiger partial charge in [-0.1, -0.05) is 60.7 Å². The SMILES string of the molecule is N#Cc1c(F)cc(-c2ccccc2)c(C#N)c1-c1ccccc1. The minimum atomic E-state index is -0.621. The zero-order valence-corrected chi connectivity index (χ0v) is 12.1. The van der Waals surface area contributed by atoms with Crippen molar-refractivity contribution in [3.63, 3.8) is 0 Å². The normalized spacial score (nSPS) is 9.87. The van der Waals surface area contributed by atoms with E-state index in [1.165, 1.54) is 6.07 Å². The first-order chi connectivity index (χ1) is 11.3. The Balaban J connectivity index is 2.41. The molecule has 0 atom stereocenters. The number of nitrogens with zero attached hydrogens (tertiary/aromatic N) is 2. The Morgan fingerprint density at radius 2 is 1.22 bits per heavy atom. The highest BCUT2D eigenvalue weighted by molar-refractivity contribution is 5.85. The number of nitriles is 2. The van der Waals surface area contributed by atoms with Crippen molar-refractivity contribution in [2.45, 2.75) is 0 Å². The molecule has 0 heterocycles. The van der Waals surface area contributed by atoms with Crippen LogP contribution >= 0.6 is 0 Å². The molecule has 108 valence electrons. The first kappa shape index (κ1) is 14.5. The van der Waals surface area contributed by atoms with Gasteiger partial charge in [-0.2, -0.15) is 10.5 Å². The highest BCUT2D eigenvalue weighted by Crippen LogP contribution is 2.36. The largest absolute Gasteiger partial charge is 0.205 e. The highest BCUT2D eigenvalue weighted by atomic mass is 19.1. The first-order valence-corrected chi connectivity index (χ1v) is 7.03. The minimum absolute atomic E-state index is 0.104. The fourth-order valence-corrected chi connectivity index (χ4v) is 2.61. The van der Waals surface area contributed by atoms with E-state index < -0.39 is 5.82 Å². The van der Waals surface area contributed by atoms with Crippen LogP contribution < -0.4 is 0 Å². The molecule has 0 saturated heterocycles. The molecule has 0 aliphatic rings. The Morgan fingerprint density at radius 1 is 0.696 bits per heavy atom. The zero-order chi connectivity index (χ0) is 16.2. The van der Waals surface area contributed by atoms with E-state index in [0.29, 0.717) is 22.3 Å². The first-order valence-electron chi connectivity index (χ1n) is 7.03. The van der Waals surface area contributed by atoms with Crippen molar-refractivity contribution in [2.75, 3.05) is 0 Å². The lowest BCUT2D eigenvalue weighted by Gasteiger charge is -2.13. The van der Waals surface area contributed by atoms with Gasteiger partial charge in [-0.15, -0.1) is 0 Å². The van der Waals surface area contributed by atoms with Crippen LogP contribution in [-0.2, 0) is 0 Å². The molecule has 0 bridgehead atoms. The molecule has 3 aromatic carbocycles. The van der Waals surface area contributed by atoms with E-state index in [1.54, 1.807) is 24.3 Å². The van der Waals surface area contributed by atoms with Gasteiger partial charge in [-0.3, -0.25) is 0 Å². The van der Waals surface area contributed by atoms with Gasteiger partial charge in [0.1, 0.15) is 18.0 Å². The molecule has 0 amide bonds. The molecule has 0 aromatic heterocycles. The van der Waals surface area contributed by atoms with Crippen LogP contribution in [0.1, 0.15) is 11.1 Å². The Bertz CT molecular complexity index is 933. The maximum Gasteiger partial charge on any atom is 0.142 e. The molecule has 23 heavy (non-hydrogen) atoms. The third-order valence-corrected chi connectivity index (χ3v) is 3.65. The van der Waals surface area contributed by atoms with E-state index in [9.17, 15) is 14.9 Å². The van der Waals surface area contributed by atoms with Gasteiger partial charge in [0.2, 0.25) is 0 Å². The Morgan fingerprint density at radius 3 is 1.74 bits per heavy atom. The van der Waals surface area contributed by atoms with Gasteiger partial charge in [0.05, 0.1) is 11.1 Å². The van der Waals surface area contributed by atoms with Crippen LogP contribution in [0.15, 0.2) is 66.7 Å². The second-order valence-corrected chi connectivity index (χ2v) is 4.99. The molecule has 0 aliphatic heterocycles. The predicted octanol–water partition coefficient (Wildman–Crippen LogP) is 4.90. The van der Waals surface area contributed by atoms with Gasteiger partial charge in [-0.25, -0.2) is 4.39 Å². The molecule has 0 fully saturated rings. The van der Waals surface area contributed by atoms with Crippen molar-refractivity contribution in [1.82, 2.24) is 0 Å². The second-order valence-electron chi connectivity index (χ2n) is 4.99. The average Bonchev–Trinajstić information content (AvgIpc) is 2.62. The summed E-state index contributed by atoms with van der Waals surface area (Å²) in [6, 6.07) is 23.4. The number of halogens is 1. The predicted molar refractivity (Wildman–Crippen MR) is 86.7 cm³/mol. The molecule has 3 heteroatoms. The third kappa shape index (κ3) is 2.57. The molecule has 3 aromatic rings. The van der Waals surface area contributed by atoms with Gasteiger partial charge in [0.25, 0.3) is 0 Å². The van der Waals surface area contributed by atoms with E-state index in [1.807, 2.05) is 42.5 Å². The Kier molecular flexibility index (Phi) is 3.87. The summed E-state index contributed by atoms with van der Waals surface area (Å²) in [5.74, 6) is -0.621. The lowest BCUT2D eigenvalue weighted by molar-refractivity contribution is 0.625. The average molecular weight is 298 g/mol. The smallest absolute Gasteiger partial charge is 0.142 e. The quantitative estimate of drug-likeness (QED) is 0.675. The maximum atomic E-state index is 14.5. The van der Waals surface area contributed by atoms with Gasteiger partial charge < -0.3 is 0 Å². The number of hydrogen-bond acceptors (Lipinski definition) is 2. The maximum absolute atomic E-state index is 14.5. The molecular formula is C20H11FN2. The summed E-state index contributed by atoms with van der Waals surface area (Å²) >= 11 is 0. The number of hydrogen-bond donors (Lipinski definition) is 0. The summed E-state index contributed by atoms with van der Waals surface area (Å²) in [4.78, 5) is 0. The summed E-state index contributed by atoms with van der Waals surface area (Å²) in [5.41, 5.74) is 2.42. The lowest BCUT2D eigenvalue weighted by atomic mass is 9.88. The summed E-state index contributed by atoms with van der Waals surface area (Å²) in [6.07, 6.45) is 0. The fourth-order valence-electron chi connectivity index (χ4n) is 2.61. The minimum Gasteiger partial charge on any atom is -0.205 e. The summed E-state index contributed by atoms with van der Waals surface area (Å²) in [5, 5.41) is 19.0. The van der Waals surface area contributed by atoms with Crippen LogP contribution in [-0.4, -0.2) is 0 Å². The van der Waals surface area contributed by atoms with Crippen LogP contribution in [0.2, 0.25) is 0 Å². The van der Waals surface area contributed by atoms with Crippen molar-refractivity contribution >= 4 is 0 Å². The highest BCUT2D eigenvalue weighted by Gasteiger charge is 2.20. The van der Waals surface area contributed by atoms with Crippen molar-refractivity contribution in [2.24, 2.45) is 0 Å². The lowest BCUT2D eigenvalue weighted by Crippen LogP contribution is -1.98. The van der Waals surface area contributed by atoms with Crippen LogP contribution in [0.25, 0.3) is 22.3 Å². The van der Waals surface area contributed by atoms with Gasteiger partial charge in [0, 0.05) is 11.1 Å². The molecule has 3 rings (SSSR count). The topological polar surface area (TPSA) is 47.6 Å². The molecule has 2 nitrogen and oxygen atoms in total. The van der Waals surface area contributed by atoms with Crippen molar-refractivity contribution in [1.29, 1.82) is 10.5 Å². The molecule has 0 N–H and O–H groups in total. The second kappa shape index (κ2) is 6.13. The van der Waals surface area contributed by atoms with E-state index in [2.05, 4.69) is 6.07 Å². The Hall–Kier alpha value is -3.43. The molecule has 0 unspecified atom stereocenters. The van der Waals surface area contributed by atoms with E-state index in [0.717, 1.165) is 5.56 Å².